The van der Waals surface area contributed by atoms with Gasteiger partial charge in [-0.3, -0.25) is 0 Å². The van der Waals surface area contributed by atoms with E-state index in [0.717, 1.165) is 0 Å². The maximum absolute atomic E-state index is 10.5. The normalized spacial score (nSPS) is 37.0. The highest BCUT2D eigenvalue weighted by Gasteiger charge is 2.46. The second-order valence-corrected chi connectivity index (χ2v) is 5.17. The van der Waals surface area contributed by atoms with Crippen LogP contribution in [0.5, 0.6) is 0 Å². The molecule has 1 heterocycles. The first-order valence-corrected chi connectivity index (χ1v) is 6.84. The summed E-state index contributed by atoms with van der Waals surface area (Å²) >= 11 is 0. The molecule has 0 radical (unpaired) electrons. The Balaban J connectivity index is 2.91. The number of rotatable bonds is 8. The summed E-state index contributed by atoms with van der Waals surface area (Å²) in [7, 11) is 0. The molecule has 0 aromatic rings. The van der Waals surface area contributed by atoms with Crippen molar-refractivity contribution in [3.8, 4) is 0 Å². The molecule has 1 aliphatic heterocycles. The van der Waals surface area contributed by atoms with Gasteiger partial charge in [-0.25, -0.2) is 0 Å². The van der Waals surface area contributed by atoms with Crippen LogP contribution in [-0.4, -0.2) is 115 Å². The Kier molecular flexibility index (Phi) is 7.89. The fraction of sp³-hybridized carbons (Fsp3) is 0.917. The van der Waals surface area contributed by atoms with Crippen molar-refractivity contribution in [3.05, 3.63) is 0 Å². The summed E-state index contributed by atoms with van der Waals surface area (Å²) in [5.74, 6) is 0. The second-order valence-electron chi connectivity index (χ2n) is 5.17. The Morgan fingerprint density at radius 2 is 1.65 bits per heavy atom. The van der Waals surface area contributed by atoms with Crippen LogP contribution in [-0.2, 0) is 14.3 Å². The van der Waals surface area contributed by atoms with Crippen LogP contribution in [0.4, 0.5) is 0 Å². The van der Waals surface area contributed by atoms with E-state index in [1.54, 1.807) is 0 Å². The third-order valence-electron chi connectivity index (χ3n) is 3.53. The van der Waals surface area contributed by atoms with Gasteiger partial charge in [-0.15, -0.1) is 0 Å². The van der Waals surface area contributed by atoms with E-state index in [4.69, 9.17) is 19.7 Å². The highest BCUT2D eigenvalue weighted by Crippen LogP contribution is 2.24. The number of ether oxygens (including phenoxy) is 2. The van der Waals surface area contributed by atoms with Crippen molar-refractivity contribution < 1.29 is 55.1 Å². The smallest absolute Gasteiger partial charge is 0.187 e. The van der Waals surface area contributed by atoms with E-state index in [1.807, 2.05) is 0 Å². The van der Waals surface area contributed by atoms with Crippen molar-refractivity contribution in [3.63, 3.8) is 0 Å². The first-order valence-electron chi connectivity index (χ1n) is 6.84. The molecule has 1 aliphatic rings. The van der Waals surface area contributed by atoms with Crippen LogP contribution in [0.2, 0.25) is 0 Å². The Morgan fingerprint density at radius 3 is 2.13 bits per heavy atom. The number of carbonyl (C=O) groups excluding carboxylic acids is 1. The van der Waals surface area contributed by atoms with Crippen LogP contribution in [0.15, 0.2) is 0 Å². The minimum atomic E-state index is -1.97. The lowest BCUT2D eigenvalue weighted by atomic mass is 9.98. The summed E-state index contributed by atoms with van der Waals surface area (Å²) in [6, 6.07) is 0. The van der Waals surface area contributed by atoms with Gasteiger partial charge in [0.2, 0.25) is 0 Å². The number of carbonyl (C=O) groups is 1. The second kappa shape index (κ2) is 8.94. The quantitative estimate of drug-likeness (QED) is 0.196. The summed E-state index contributed by atoms with van der Waals surface area (Å²) in [6.45, 7) is -1.64. The summed E-state index contributed by atoms with van der Waals surface area (Å²) in [6.07, 6.45) is -15.7. The van der Waals surface area contributed by atoms with E-state index in [9.17, 15) is 35.4 Å². The summed E-state index contributed by atoms with van der Waals surface area (Å²) in [4.78, 5) is 10.5. The largest absolute Gasteiger partial charge is 0.394 e. The maximum atomic E-state index is 10.5. The van der Waals surface area contributed by atoms with Gasteiger partial charge >= 0.3 is 0 Å². The van der Waals surface area contributed by atoms with Gasteiger partial charge in [0.25, 0.3) is 0 Å². The highest BCUT2D eigenvalue weighted by molar-refractivity contribution is 5.56. The molecule has 5 unspecified atom stereocenters. The third-order valence-corrected chi connectivity index (χ3v) is 3.53. The predicted octanol–water partition coefficient (Wildman–Crippen LogP) is -5.55. The molecule has 0 aliphatic carbocycles. The molecule has 0 bridgehead atoms. The summed E-state index contributed by atoms with van der Waals surface area (Å²) < 4.78 is 10.1. The molecule has 8 N–H and O–H groups in total. The number of hydrogen-bond donors (Lipinski definition) is 8. The molecule has 1 saturated heterocycles. The van der Waals surface area contributed by atoms with E-state index in [1.165, 1.54) is 0 Å². The lowest BCUT2D eigenvalue weighted by Crippen LogP contribution is -2.61. The number of aliphatic hydroxyl groups excluding tert-OH is 8. The minimum Gasteiger partial charge on any atom is -0.394 e. The van der Waals surface area contributed by atoms with Gasteiger partial charge < -0.3 is 55.1 Å². The van der Waals surface area contributed by atoms with Crippen molar-refractivity contribution in [2.24, 2.45) is 0 Å². The molecule has 0 aromatic heterocycles. The molecular weight excluding hydrogens is 320 g/mol. The standard InChI is InChI=1S/C12H22O11/c13-1-4(16)7(18)11(5(17)2-14)23-12-10(21)9(20)8(19)6(3-15)22-12/h1,4-12,14-21H,2-3H2/t4?,5-,6?,7?,8+,9?,10?,11+,12-/m0/s1. The SMILES string of the molecule is O=CC(O)C(O)[C@H](O[C@@H]1OC(CO)[C@@H](O)C(O)C1O)[C@@H](O)CO. The lowest BCUT2D eigenvalue weighted by molar-refractivity contribution is -0.326. The molecular formula is C12H22O11. The van der Waals surface area contributed by atoms with Gasteiger partial charge in [0, 0.05) is 0 Å². The van der Waals surface area contributed by atoms with E-state index in [2.05, 4.69) is 0 Å². The highest BCUT2D eigenvalue weighted by atomic mass is 16.7. The maximum Gasteiger partial charge on any atom is 0.187 e. The van der Waals surface area contributed by atoms with E-state index >= 15 is 0 Å². The van der Waals surface area contributed by atoms with Crippen molar-refractivity contribution in [2.45, 2.75) is 55.1 Å². The molecule has 0 spiro atoms. The lowest BCUT2D eigenvalue weighted by Gasteiger charge is -2.42. The first kappa shape index (κ1) is 20.3. The molecule has 0 aromatic carbocycles. The monoisotopic (exact) mass is 342 g/mol. The zero-order chi connectivity index (χ0) is 17.7. The Bertz CT molecular complexity index is 365. The van der Waals surface area contributed by atoms with Gasteiger partial charge in [0.1, 0.15) is 48.8 Å². The Labute approximate surface area is 130 Å². The van der Waals surface area contributed by atoms with E-state index < -0.39 is 68.3 Å². The fourth-order valence-corrected chi connectivity index (χ4v) is 2.11. The number of aldehydes is 1. The van der Waals surface area contributed by atoms with Crippen molar-refractivity contribution in [1.29, 1.82) is 0 Å². The molecule has 9 atom stereocenters. The predicted molar refractivity (Wildman–Crippen MR) is 69.8 cm³/mol. The minimum absolute atomic E-state index is 0.0294. The number of hydrogen-bond acceptors (Lipinski definition) is 11. The Hall–Kier alpha value is -0.730. The van der Waals surface area contributed by atoms with Crippen LogP contribution in [0, 0.1) is 0 Å². The van der Waals surface area contributed by atoms with Crippen molar-refractivity contribution >= 4 is 6.29 Å². The summed E-state index contributed by atoms with van der Waals surface area (Å²) in [5, 5.41) is 75.7. The van der Waals surface area contributed by atoms with Gasteiger partial charge in [0.05, 0.1) is 13.2 Å². The van der Waals surface area contributed by atoms with Crippen LogP contribution in [0.1, 0.15) is 0 Å². The molecule has 136 valence electrons. The fourth-order valence-electron chi connectivity index (χ4n) is 2.11. The number of aliphatic hydroxyl groups is 8. The van der Waals surface area contributed by atoms with Crippen molar-refractivity contribution in [1.82, 2.24) is 0 Å². The topological polar surface area (TPSA) is 197 Å². The van der Waals surface area contributed by atoms with Crippen LogP contribution in [0.3, 0.4) is 0 Å². The van der Waals surface area contributed by atoms with Gasteiger partial charge in [-0.05, 0) is 0 Å². The average Bonchev–Trinajstić information content (AvgIpc) is 2.57. The van der Waals surface area contributed by atoms with Gasteiger partial charge in [0.15, 0.2) is 12.6 Å². The molecule has 0 amide bonds. The average molecular weight is 342 g/mol. The molecule has 0 saturated carbocycles. The van der Waals surface area contributed by atoms with Crippen LogP contribution < -0.4 is 0 Å². The molecule has 1 rings (SSSR count). The summed E-state index contributed by atoms with van der Waals surface area (Å²) in [5.41, 5.74) is 0. The Morgan fingerprint density at radius 1 is 1.04 bits per heavy atom. The molecule has 11 nitrogen and oxygen atoms in total. The van der Waals surface area contributed by atoms with Gasteiger partial charge in [-0.2, -0.15) is 0 Å². The van der Waals surface area contributed by atoms with Crippen molar-refractivity contribution in [2.75, 3.05) is 13.2 Å². The zero-order valence-electron chi connectivity index (χ0n) is 12.0. The molecule has 11 heteroatoms. The van der Waals surface area contributed by atoms with Gasteiger partial charge in [-0.1, -0.05) is 0 Å². The first-order chi connectivity index (χ1) is 10.8. The molecule has 23 heavy (non-hydrogen) atoms. The van der Waals surface area contributed by atoms with E-state index in [-0.39, 0.29) is 6.29 Å². The zero-order valence-corrected chi connectivity index (χ0v) is 12.0. The third kappa shape index (κ3) is 4.64. The van der Waals surface area contributed by atoms with Crippen LogP contribution >= 0.6 is 0 Å². The van der Waals surface area contributed by atoms with Crippen LogP contribution in [0.25, 0.3) is 0 Å². The molecule has 1 fully saturated rings. The van der Waals surface area contributed by atoms with E-state index in [0.29, 0.717) is 0 Å².